The molecule has 0 aromatic heterocycles. The van der Waals surface area contributed by atoms with E-state index >= 15 is 0 Å². The van der Waals surface area contributed by atoms with Crippen LogP contribution in [0.15, 0.2) is 24.3 Å². The number of likely N-dealkylation sites (tertiary alicyclic amines) is 1. The molecule has 0 atom stereocenters. The molecule has 19 heavy (non-hydrogen) atoms. The van der Waals surface area contributed by atoms with Gasteiger partial charge in [-0.3, -0.25) is 9.59 Å². The number of nitrogens with zero attached hydrogens (tertiary/aromatic N) is 1. The van der Waals surface area contributed by atoms with Crippen LogP contribution >= 0.6 is 0 Å². The first kappa shape index (κ1) is 13.5. The molecule has 1 N–H and O–H groups in total. The Morgan fingerprint density at radius 1 is 1.21 bits per heavy atom. The maximum atomic E-state index is 12.7. The van der Waals surface area contributed by atoms with Crippen LogP contribution in [0.3, 0.4) is 0 Å². The Morgan fingerprint density at radius 2 is 1.79 bits per heavy atom. The van der Waals surface area contributed by atoms with E-state index in [-0.39, 0.29) is 23.5 Å². The fourth-order valence-corrected chi connectivity index (χ4v) is 2.23. The van der Waals surface area contributed by atoms with Gasteiger partial charge in [-0.1, -0.05) is 0 Å². The van der Waals surface area contributed by atoms with E-state index in [1.54, 1.807) is 11.8 Å². The van der Waals surface area contributed by atoms with Crippen molar-refractivity contribution in [3.63, 3.8) is 0 Å². The number of anilines is 1. The Labute approximate surface area is 111 Å². The summed E-state index contributed by atoms with van der Waals surface area (Å²) in [6.07, 6.45) is 1.35. The molecule has 1 saturated heterocycles. The van der Waals surface area contributed by atoms with Crippen LogP contribution in [0.4, 0.5) is 10.1 Å². The van der Waals surface area contributed by atoms with E-state index in [0.717, 1.165) is 0 Å². The van der Waals surface area contributed by atoms with Crippen LogP contribution in [-0.4, -0.2) is 29.8 Å². The fraction of sp³-hybridized carbons (Fsp3) is 0.429. The van der Waals surface area contributed by atoms with Gasteiger partial charge >= 0.3 is 0 Å². The highest BCUT2D eigenvalue weighted by Gasteiger charge is 2.25. The van der Waals surface area contributed by atoms with E-state index in [1.165, 1.54) is 24.3 Å². The third-order valence-corrected chi connectivity index (χ3v) is 3.42. The lowest BCUT2D eigenvalue weighted by molar-refractivity contribution is -0.132. The highest BCUT2D eigenvalue weighted by atomic mass is 19.1. The van der Waals surface area contributed by atoms with Gasteiger partial charge < -0.3 is 10.2 Å². The molecule has 0 radical (unpaired) electrons. The third kappa shape index (κ3) is 3.53. The van der Waals surface area contributed by atoms with Crippen LogP contribution in [-0.2, 0) is 9.59 Å². The number of carbonyl (C=O) groups excluding carboxylic acids is 2. The summed E-state index contributed by atoms with van der Waals surface area (Å²) in [7, 11) is 0. The molecule has 5 heteroatoms. The number of carbonyl (C=O) groups is 2. The molecule has 1 heterocycles. The number of amides is 2. The van der Waals surface area contributed by atoms with E-state index in [9.17, 15) is 14.0 Å². The van der Waals surface area contributed by atoms with Gasteiger partial charge in [-0.25, -0.2) is 4.39 Å². The predicted molar refractivity (Wildman–Crippen MR) is 70.0 cm³/mol. The fourth-order valence-electron chi connectivity index (χ4n) is 2.23. The first-order chi connectivity index (χ1) is 9.06. The van der Waals surface area contributed by atoms with Crippen molar-refractivity contribution in [3.05, 3.63) is 30.1 Å². The van der Waals surface area contributed by atoms with E-state index in [1.807, 2.05) is 0 Å². The molecular weight excluding hydrogens is 247 g/mol. The van der Waals surface area contributed by atoms with Crippen molar-refractivity contribution in [3.8, 4) is 0 Å². The van der Waals surface area contributed by atoms with Gasteiger partial charge in [0.1, 0.15) is 5.82 Å². The standard InChI is InChI=1S/C14H17FN2O2/c1-10(18)17-8-6-11(7-9-17)14(19)16-13-4-2-12(15)3-5-13/h2-5,11H,6-9H2,1H3,(H,16,19). The van der Waals surface area contributed by atoms with Gasteiger partial charge in [-0.2, -0.15) is 0 Å². The van der Waals surface area contributed by atoms with Crippen molar-refractivity contribution in [2.24, 2.45) is 5.92 Å². The molecule has 1 fully saturated rings. The van der Waals surface area contributed by atoms with Gasteiger partial charge in [0.15, 0.2) is 0 Å². The molecule has 102 valence electrons. The second kappa shape index (κ2) is 5.82. The van der Waals surface area contributed by atoms with Gasteiger partial charge in [0.25, 0.3) is 0 Å². The summed E-state index contributed by atoms with van der Waals surface area (Å²) in [5.41, 5.74) is 0.598. The Morgan fingerprint density at radius 3 is 2.32 bits per heavy atom. The minimum absolute atomic E-state index is 0.0531. The number of benzene rings is 1. The van der Waals surface area contributed by atoms with Crippen molar-refractivity contribution in [1.29, 1.82) is 0 Å². The predicted octanol–water partition coefficient (Wildman–Crippen LogP) is 2.02. The van der Waals surface area contributed by atoms with Crippen molar-refractivity contribution >= 4 is 17.5 Å². The second-order valence-corrected chi connectivity index (χ2v) is 4.78. The molecule has 0 saturated carbocycles. The minimum Gasteiger partial charge on any atom is -0.343 e. The van der Waals surface area contributed by atoms with Crippen molar-refractivity contribution in [1.82, 2.24) is 4.90 Å². The Bertz CT molecular complexity index is 465. The summed E-state index contributed by atoms with van der Waals surface area (Å²) in [4.78, 5) is 25.0. The smallest absolute Gasteiger partial charge is 0.227 e. The van der Waals surface area contributed by atoms with Crippen LogP contribution < -0.4 is 5.32 Å². The van der Waals surface area contributed by atoms with Gasteiger partial charge in [0.05, 0.1) is 0 Å². The number of hydrogen-bond acceptors (Lipinski definition) is 2. The number of piperidine rings is 1. The Balaban J connectivity index is 1.88. The van der Waals surface area contributed by atoms with Crippen molar-refractivity contribution in [2.45, 2.75) is 19.8 Å². The molecule has 2 rings (SSSR count). The largest absolute Gasteiger partial charge is 0.343 e. The lowest BCUT2D eigenvalue weighted by Crippen LogP contribution is -2.40. The summed E-state index contributed by atoms with van der Waals surface area (Å²) < 4.78 is 12.7. The highest BCUT2D eigenvalue weighted by Crippen LogP contribution is 2.19. The summed E-state index contributed by atoms with van der Waals surface area (Å²) in [5.74, 6) is -0.416. The normalized spacial score (nSPS) is 16.2. The van der Waals surface area contributed by atoms with Crippen LogP contribution in [0.2, 0.25) is 0 Å². The summed E-state index contributed by atoms with van der Waals surface area (Å²) in [5, 5.41) is 2.77. The van der Waals surface area contributed by atoms with E-state index < -0.39 is 0 Å². The lowest BCUT2D eigenvalue weighted by atomic mass is 9.96. The molecule has 1 aliphatic rings. The number of nitrogens with one attached hydrogen (secondary N) is 1. The third-order valence-electron chi connectivity index (χ3n) is 3.42. The Kier molecular flexibility index (Phi) is 4.14. The van der Waals surface area contributed by atoms with E-state index in [2.05, 4.69) is 5.32 Å². The van der Waals surface area contributed by atoms with Gasteiger partial charge in [-0.15, -0.1) is 0 Å². The van der Waals surface area contributed by atoms with Gasteiger partial charge in [0, 0.05) is 31.6 Å². The summed E-state index contributed by atoms with van der Waals surface area (Å²) in [6.45, 7) is 2.78. The van der Waals surface area contributed by atoms with Gasteiger partial charge in [-0.05, 0) is 37.1 Å². The molecule has 2 amide bonds. The summed E-state index contributed by atoms with van der Waals surface area (Å²) >= 11 is 0. The molecule has 0 bridgehead atoms. The molecule has 4 nitrogen and oxygen atoms in total. The average molecular weight is 264 g/mol. The van der Waals surface area contributed by atoms with Crippen molar-refractivity contribution < 1.29 is 14.0 Å². The first-order valence-electron chi connectivity index (χ1n) is 6.38. The van der Waals surface area contributed by atoms with Gasteiger partial charge in [0.2, 0.25) is 11.8 Å². The zero-order chi connectivity index (χ0) is 13.8. The molecule has 1 aromatic rings. The molecule has 0 aliphatic carbocycles. The highest BCUT2D eigenvalue weighted by molar-refractivity contribution is 5.92. The van der Waals surface area contributed by atoms with E-state index in [0.29, 0.717) is 31.6 Å². The molecule has 0 spiro atoms. The van der Waals surface area contributed by atoms with Crippen LogP contribution in [0.1, 0.15) is 19.8 Å². The van der Waals surface area contributed by atoms with Crippen molar-refractivity contribution in [2.75, 3.05) is 18.4 Å². The maximum absolute atomic E-state index is 12.7. The number of hydrogen-bond donors (Lipinski definition) is 1. The van der Waals surface area contributed by atoms with Crippen LogP contribution in [0.25, 0.3) is 0 Å². The minimum atomic E-state index is -0.326. The zero-order valence-corrected chi connectivity index (χ0v) is 10.9. The Hall–Kier alpha value is -1.91. The molecule has 1 aromatic carbocycles. The first-order valence-corrected chi connectivity index (χ1v) is 6.38. The monoisotopic (exact) mass is 264 g/mol. The molecule has 0 unspecified atom stereocenters. The van der Waals surface area contributed by atoms with Crippen LogP contribution in [0, 0.1) is 11.7 Å². The SMILES string of the molecule is CC(=O)N1CCC(C(=O)Nc2ccc(F)cc2)CC1. The quantitative estimate of drug-likeness (QED) is 0.888. The van der Waals surface area contributed by atoms with Crippen LogP contribution in [0.5, 0.6) is 0 Å². The topological polar surface area (TPSA) is 49.4 Å². The number of rotatable bonds is 2. The number of halogens is 1. The molecular formula is C14H17FN2O2. The summed E-state index contributed by atoms with van der Waals surface area (Å²) in [6, 6.07) is 5.71. The second-order valence-electron chi connectivity index (χ2n) is 4.78. The lowest BCUT2D eigenvalue weighted by Gasteiger charge is -2.30. The molecule has 1 aliphatic heterocycles. The average Bonchev–Trinajstić information content (AvgIpc) is 2.41. The maximum Gasteiger partial charge on any atom is 0.227 e. The zero-order valence-electron chi connectivity index (χ0n) is 10.9. The van der Waals surface area contributed by atoms with E-state index in [4.69, 9.17) is 0 Å².